The van der Waals surface area contributed by atoms with Crippen molar-refractivity contribution in [2.24, 2.45) is 5.10 Å². The van der Waals surface area contributed by atoms with Crippen molar-refractivity contribution in [3.05, 3.63) is 0 Å². The highest BCUT2D eigenvalue weighted by Crippen LogP contribution is 1.89. The molecule has 0 aliphatic rings. The lowest BCUT2D eigenvalue weighted by molar-refractivity contribution is -0.120. The van der Waals surface area contributed by atoms with E-state index in [4.69, 9.17) is 0 Å². The van der Waals surface area contributed by atoms with Crippen LogP contribution in [0, 0.1) is 0 Å². The Morgan fingerprint density at radius 3 is 2.33 bits per heavy atom. The molecule has 0 aromatic carbocycles. The van der Waals surface area contributed by atoms with Crippen LogP contribution in [0.15, 0.2) is 5.10 Å². The molecule has 0 aromatic rings. The third-order valence-corrected chi connectivity index (χ3v) is 2.24. The molecule has 104 valence electrons. The number of urea groups is 1. The van der Waals surface area contributed by atoms with Crippen molar-refractivity contribution < 1.29 is 9.59 Å². The topological polar surface area (TPSA) is 82.6 Å². The highest BCUT2D eigenvalue weighted by molar-refractivity contribution is 5.88. The standard InChI is InChI=1S/C12H24N4O2/c1-6-11(17)10(5)15-12(18)16-13-7-9(4)14-8(2)3/h7-10,14H,6H2,1-5H3,(H2,15,16,18)/b13-7+. The predicted molar refractivity (Wildman–Crippen MR) is 72.7 cm³/mol. The maximum Gasteiger partial charge on any atom is 0.335 e. The Bertz CT molecular complexity index is 302. The first-order valence-electron chi connectivity index (χ1n) is 6.25. The number of hydrazone groups is 1. The van der Waals surface area contributed by atoms with Crippen molar-refractivity contribution in [1.82, 2.24) is 16.1 Å². The van der Waals surface area contributed by atoms with Gasteiger partial charge in [0.05, 0.1) is 6.04 Å². The van der Waals surface area contributed by atoms with E-state index in [1.54, 1.807) is 20.1 Å². The number of nitrogens with zero attached hydrogens (tertiary/aromatic N) is 1. The summed E-state index contributed by atoms with van der Waals surface area (Å²) >= 11 is 0. The fourth-order valence-corrected chi connectivity index (χ4v) is 1.39. The van der Waals surface area contributed by atoms with Gasteiger partial charge in [0.2, 0.25) is 0 Å². The molecule has 0 fully saturated rings. The number of hydrogen-bond donors (Lipinski definition) is 3. The molecule has 3 N–H and O–H groups in total. The van der Waals surface area contributed by atoms with E-state index in [1.807, 2.05) is 20.8 Å². The predicted octanol–water partition coefficient (Wildman–Crippen LogP) is 1.03. The van der Waals surface area contributed by atoms with Crippen LogP contribution in [0.1, 0.15) is 41.0 Å². The molecule has 2 unspecified atom stereocenters. The summed E-state index contributed by atoms with van der Waals surface area (Å²) in [5, 5.41) is 9.52. The van der Waals surface area contributed by atoms with Crippen molar-refractivity contribution in [2.75, 3.05) is 0 Å². The van der Waals surface area contributed by atoms with Crippen LogP contribution in [0.4, 0.5) is 4.79 Å². The Morgan fingerprint density at radius 1 is 1.22 bits per heavy atom. The highest BCUT2D eigenvalue weighted by Gasteiger charge is 2.12. The van der Waals surface area contributed by atoms with Gasteiger partial charge in [0, 0.05) is 24.7 Å². The van der Waals surface area contributed by atoms with E-state index in [0.29, 0.717) is 12.5 Å². The van der Waals surface area contributed by atoms with Crippen molar-refractivity contribution >= 4 is 18.0 Å². The average Bonchev–Trinajstić information content (AvgIpc) is 2.26. The van der Waals surface area contributed by atoms with Gasteiger partial charge in [-0.05, 0) is 13.8 Å². The van der Waals surface area contributed by atoms with Gasteiger partial charge in [-0.1, -0.05) is 20.8 Å². The second-order valence-electron chi connectivity index (χ2n) is 4.52. The first-order chi connectivity index (χ1) is 8.36. The molecular formula is C12H24N4O2. The van der Waals surface area contributed by atoms with Crippen LogP contribution >= 0.6 is 0 Å². The van der Waals surface area contributed by atoms with E-state index in [2.05, 4.69) is 21.2 Å². The van der Waals surface area contributed by atoms with Crippen LogP contribution in [-0.2, 0) is 4.79 Å². The SMILES string of the molecule is CCC(=O)C(C)NC(=O)N/N=C/C(C)NC(C)C. The zero-order valence-corrected chi connectivity index (χ0v) is 11.8. The summed E-state index contributed by atoms with van der Waals surface area (Å²) in [4.78, 5) is 22.6. The molecule has 0 saturated carbocycles. The molecule has 0 aliphatic heterocycles. The summed E-state index contributed by atoms with van der Waals surface area (Å²) in [6.45, 7) is 9.41. The molecule has 0 saturated heterocycles. The number of rotatable bonds is 7. The third-order valence-electron chi connectivity index (χ3n) is 2.24. The van der Waals surface area contributed by atoms with Gasteiger partial charge in [-0.15, -0.1) is 0 Å². The van der Waals surface area contributed by atoms with Crippen molar-refractivity contribution in [2.45, 2.75) is 59.2 Å². The van der Waals surface area contributed by atoms with E-state index < -0.39 is 12.1 Å². The van der Waals surface area contributed by atoms with E-state index in [1.165, 1.54) is 0 Å². The van der Waals surface area contributed by atoms with Gasteiger partial charge in [-0.2, -0.15) is 5.10 Å². The average molecular weight is 256 g/mol. The van der Waals surface area contributed by atoms with Crippen LogP contribution in [0.3, 0.4) is 0 Å². The maximum absolute atomic E-state index is 11.4. The van der Waals surface area contributed by atoms with Gasteiger partial charge < -0.3 is 10.6 Å². The number of nitrogens with one attached hydrogen (secondary N) is 3. The monoisotopic (exact) mass is 256 g/mol. The summed E-state index contributed by atoms with van der Waals surface area (Å²) in [5.74, 6) is -0.0102. The fourth-order valence-electron chi connectivity index (χ4n) is 1.39. The van der Waals surface area contributed by atoms with Gasteiger partial charge in [0.15, 0.2) is 5.78 Å². The minimum Gasteiger partial charge on any atom is -0.327 e. The second kappa shape index (κ2) is 8.63. The lowest BCUT2D eigenvalue weighted by atomic mass is 10.2. The zero-order chi connectivity index (χ0) is 14.1. The largest absolute Gasteiger partial charge is 0.335 e. The Morgan fingerprint density at radius 2 is 1.83 bits per heavy atom. The molecule has 0 aliphatic carbocycles. The summed E-state index contributed by atoms with van der Waals surface area (Å²) in [6.07, 6.45) is 2.01. The van der Waals surface area contributed by atoms with Crippen LogP contribution in [0.5, 0.6) is 0 Å². The molecule has 2 amide bonds. The lowest BCUT2D eigenvalue weighted by Crippen LogP contribution is -2.43. The number of carbonyl (C=O) groups excluding carboxylic acids is 2. The molecule has 6 nitrogen and oxygen atoms in total. The Hall–Kier alpha value is -1.43. The Balaban J connectivity index is 3.96. The van der Waals surface area contributed by atoms with Crippen molar-refractivity contribution in [1.29, 1.82) is 0 Å². The molecular weight excluding hydrogens is 232 g/mol. The molecule has 0 rings (SSSR count). The third kappa shape index (κ3) is 7.78. The molecule has 0 heterocycles. The van der Waals surface area contributed by atoms with Crippen molar-refractivity contribution in [3.8, 4) is 0 Å². The van der Waals surface area contributed by atoms with Crippen LogP contribution in [-0.4, -0.2) is 36.2 Å². The molecule has 0 radical (unpaired) electrons. The minimum atomic E-state index is -0.489. The Kier molecular flexibility index (Phi) is 7.94. The summed E-state index contributed by atoms with van der Waals surface area (Å²) in [5.41, 5.74) is 2.32. The van der Waals surface area contributed by atoms with E-state index >= 15 is 0 Å². The van der Waals surface area contributed by atoms with Crippen LogP contribution in [0.2, 0.25) is 0 Å². The van der Waals surface area contributed by atoms with E-state index in [-0.39, 0.29) is 11.8 Å². The van der Waals surface area contributed by atoms with Crippen molar-refractivity contribution in [3.63, 3.8) is 0 Å². The Labute approximate surface area is 109 Å². The number of Topliss-reactive ketones (excluding diaryl/α,β-unsaturated/α-hetero) is 1. The molecule has 0 bridgehead atoms. The van der Waals surface area contributed by atoms with Gasteiger partial charge in [-0.25, -0.2) is 10.2 Å². The van der Waals surface area contributed by atoms with Gasteiger partial charge in [-0.3, -0.25) is 4.79 Å². The molecule has 18 heavy (non-hydrogen) atoms. The fraction of sp³-hybridized carbons (Fsp3) is 0.750. The normalized spacial score (nSPS) is 14.6. The summed E-state index contributed by atoms with van der Waals surface area (Å²) in [7, 11) is 0. The van der Waals surface area contributed by atoms with Crippen LogP contribution < -0.4 is 16.1 Å². The van der Waals surface area contributed by atoms with Gasteiger partial charge in [0.1, 0.15) is 0 Å². The first-order valence-corrected chi connectivity index (χ1v) is 6.25. The minimum absolute atomic E-state index is 0.0102. The summed E-state index contributed by atoms with van der Waals surface area (Å²) in [6, 6.07) is -0.545. The van der Waals surface area contributed by atoms with E-state index in [0.717, 1.165) is 0 Å². The van der Waals surface area contributed by atoms with Gasteiger partial charge >= 0.3 is 6.03 Å². The highest BCUT2D eigenvalue weighted by atomic mass is 16.2. The maximum atomic E-state index is 11.4. The zero-order valence-electron chi connectivity index (χ0n) is 11.8. The molecule has 6 heteroatoms. The van der Waals surface area contributed by atoms with Crippen LogP contribution in [0.25, 0.3) is 0 Å². The number of amides is 2. The number of hydrogen-bond acceptors (Lipinski definition) is 4. The molecule has 0 aromatic heterocycles. The summed E-state index contributed by atoms with van der Waals surface area (Å²) < 4.78 is 0. The second-order valence-corrected chi connectivity index (χ2v) is 4.52. The first kappa shape index (κ1) is 16.6. The number of carbonyl (C=O) groups is 2. The van der Waals surface area contributed by atoms with E-state index in [9.17, 15) is 9.59 Å². The van der Waals surface area contributed by atoms with Gasteiger partial charge in [0.25, 0.3) is 0 Å². The smallest absolute Gasteiger partial charge is 0.327 e. The lowest BCUT2D eigenvalue weighted by Gasteiger charge is -2.13. The quantitative estimate of drug-likeness (QED) is 0.470. The number of ketones is 1. The molecule has 2 atom stereocenters. The molecule has 0 spiro atoms.